The number of morpholine rings is 1. The van der Waals surface area contributed by atoms with Crippen molar-refractivity contribution in [1.29, 1.82) is 0 Å². The smallest absolute Gasteiger partial charge is 0.303 e. The van der Waals surface area contributed by atoms with Crippen LogP contribution in [0.3, 0.4) is 0 Å². The standard InChI is InChI=1S/C40H46N4O6S/c1-26-22-43(23-27(2)50-26)40(46)32-19-31-20-33(49-25-28-11-7-5-8-12-28)16-18-34(31)38-37(29-13-9-6-10-14-29)35-17-15-30(21-36(35)44(38)24-32)39(45)41-51(47,48)42(3)4/h5,7-8,11-12,15-21,26-27,29H,6,9-10,13-14,22-25H2,1-4H3,(H,41,45)/t26-,27+. The van der Waals surface area contributed by atoms with Crippen molar-refractivity contribution in [2.45, 2.75) is 77.2 Å². The highest BCUT2D eigenvalue weighted by Crippen LogP contribution is 2.47. The van der Waals surface area contributed by atoms with E-state index in [4.69, 9.17) is 9.47 Å². The molecule has 2 aliphatic heterocycles. The lowest BCUT2D eigenvalue weighted by Crippen LogP contribution is -2.48. The van der Waals surface area contributed by atoms with Gasteiger partial charge in [0.15, 0.2) is 0 Å². The van der Waals surface area contributed by atoms with Crippen LogP contribution in [0.15, 0.2) is 72.3 Å². The molecule has 1 saturated carbocycles. The first-order valence-corrected chi connectivity index (χ1v) is 19.3. The number of hydrogen-bond donors (Lipinski definition) is 1. The number of carbonyl (C=O) groups excluding carboxylic acids is 2. The second-order valence-corrected chi connectivity index (χ2v) is 16.2. The predicted molar refractivity (Wildman–Crippen MR) is 199 cm³/mol. The Hall–Kier alpha value is -4.45. The van der Waals surface area contributed by atoms with Gasteiger partial charge in [-0.3, -0.25) is 9.59 Å². The van der Waals surface area contributed by atoms with E-state index in [1.54, 1.807) is 12.1 Å². The zero-order valence-corrected chi connectivity index (χ0v) is 30.5. The molecule has 2 atom stereocenters. The molecule has 11 heteroatoms. The summed E-state index contributed by atoms with van der Waals surface area (Å²) in [5.41, 5.74) is 6.83. The van der Waals surface area contributed by atoms with Gasteiger partial charge in [-0.1, -0.05) is 55.7 Å². The van der Waals surface area contributed by atoms with Gasteiger partial charge < -0.3 is 18.9 Å². The van der Waals surface area contributed by atoms with Crippen LogP contribution in [0.1, 0.15) is 78.9 Å². The molecule has 3 aromatic carbocycles. The van der Waals surface area contributed by atoms with Crippen molar-refractivity contribution in [2.75, 3.05) is 27.2 Å². The molecule has 10 nitrogen and oxygen atoms in total. The van der Waals surface area contributed by atoms with Crippen molar-refractivity contribution in [3.63, 3.8) is 0 Å². The van der Waals surface area contributed by atoms with Crippen LogP contribution in [0, 0.1) is 0 Å². The lowest BCUT2D eigenvalue weighted by molar-refractivity contribution is -0.139. The Labute approximate surface area is 300 Å². The molecule has 2 fully saturated rings. The Bertz CT molecular complexity index is 2090. The van der Waals surface area contributed by atoms with Gasteiger partial charge >= 0.3 is 10.2 Å². The van der Waals surface area contributed by atoms with Crippen LogP contribution in [-0.4, -0.2) is 73.4 Å². The van der Waals surface area contributed by atoms with Gasteiger partial charge in [0.25, 0.3) is 11.8 Å². The number of amides is 2. The molecule has 268 valence electrons. The molecule has 1 aliphatic carbocycles. The summed E-state index contributed by atoms with van der Waals surface area (Å²) in [6, 6.07) is 21.6. The highest BCUT2D eigenvalue weighted by Gasteiger charge is 2.33. The lowest BCUT2D eigenvalue weighted by atomic mass is 9.81. The van der Waals surface area contributed by atoms with Crippen LogP contribution in [0.4, 0.5) is 0 Å². The highest BCUT2D eigenvalue weighted by atomic mass is 32.2. The fourth-order valence-electron chi connectivity index (χ4n) is 7.83. The van der Waals surface area contributed by atoms with E-state index in [1.165, 1.54) is 26.1 Å². The zero-order chi connectivity index (χ0) is 35.9. The Morgan fingerprint density at radius 2 is 1.67 bits per heavy atom. The van der Waals surface area contributed by atoms with Gasteiger partial charge in [-0.25, -0.2) is 4.72 Å². The van der Waals surface area contributed by atoms with E-state index in [1.807, 2.05) is 73.4 Å². The predicted octanol–water partition coefficient (Wildman–Crippen LogP) is 6.50. The van der Waals surface area contributed by atoms with Crippen LogP contribution >= 0.6 is 0 Å². The van der Waals surface area contributed by atoms with Crippen LogP contribution in [-0.2, 0) is 32.9 Å². The molecule has 0 bridgehead atoms. The van der Waals surface area contributed by atoms with Crippen molar-refractivity contribution >= 4 is 39.0 Å². The topological polar surface area (TPSA) is 110 Å². The third-order valence-electron chi connectivity index (χ3n) is 10.2. The summed E-state index contributed by atoms with van der Waals surface area (Å²) in [7, 11) is -1.25. The molecular formula is C40H46N4O6S. The maximum Gasteiger partial charge on any atom is 0.303 e. The van der Waals surface area contributed by atoms with Crippen molar-refractivity contribution in [2.24, 2.45) is 0 Å². The molecule has 3 aliphatic rings. The molecule has 0 spiro atoms. The minimum atomic E-state index is -4.00. The molecule has 1 saturated heterocycles. The largest absolute Gasteiger partial charge is 0.489 e. The Balaban J connectivity index is 1.39. The van der Waals surface area contributed by atoms with E-state index < -0.39 is 16.1 Å². The molecule has 7 rings (SSSR count). The first-order valence-electron chi connectivity index (χ1n) is 17.9. The molecule has 4 aromatic rings. The number of aromatic nitrogens is 1. The van der Waals surface area contributed by atoms with Gasteiger partial charge in [-0.15, -0.1) is 0 Å². The molecule has 3 heterocycles. The highest BCUT2D eigenvalue weighted by molar-refractivity contribution is 7.87. The van der Waals surface area contributed by atoms with E-state index in [9.17, 15) is 18.0 Å². The Morgan fingerprint density at radius 3 is 2.37 bits per heavy atom. The van der Waals surface area contributed by atoms with E-state index in [0.717, 1.165) is 63.3 Å². The van der Waals surface area contributed by atoms with Gasteiger partial charge in [0.1, 0.15) is 12.4 Å². The fraction of sp³-hybridized carbons (Fsp3) is 0.400. The number of nitrogens with one attached hydrogen (secondary N) is 1. The third-order valence-corrected chi connectivity index (χ3v) is 11.7. The van der Waals surface area contributed by atoms with Gasteiger partial charge in [-0.2, -0.15) is 12.7 Å². The minimum Gasteiger partial charge on any atom is -0.489 e. The number of ether oxygens (including phenoxy) is 2. The van der Waals surface area contributed by atoms with Gasteiger partial charge in [0.05, 0.1) is 24.4 Å². The average molecular weight is 711 g/mol. The molecule has 0 unspecified atom stereocenters. The van der Waals surface area contributed by atoms with Crippen molar-refractivity contribution in [3.05, 3.63) is 94.6 Å². The van der Waals surface area contributed by atoms with Crippen LogP contribution in [0.25, 0.3) is 28.2 Å². The normalized spacial score (nSPS) is 19.6. The van der Waals surface area contributed by atoms with Gasteiger partial charge in [-0.05, 0) is 85.7 Å². The molecule has 51 heavy (non-hydrogen) atoms. The number of rotatable bonds is 8. The van der Waals surface area contributed by atoms with E-state index >= 15 is 0 Å². The first kappa shape index (κ1) is 35.0. The van der Waals surface area contributed by atoms with Crippen LogP contribution in [0.2, 0.25) is 0 Å². The molecule has 1 N–H and O–H groups in total. The second-order valence-electron chi connectivity index (χ2n) is 14.3. The van der Waals surface area contributed by atoms with Gasteiger partial charge in [0, 0.05) is 54.8 Å². The minimum absolute atomic E-state index is 0.0570. The first-order chi connectivity index (χ1) is 24.5. The maximum absolute atomic E-state index is 14.5. The summed E-state index contributed by atoms with van der Waals surface area (Å²) in [4.78, 5) is 29.7. The number of fused-ring (bicyclic) bond motifs is 5. The summed E-state index contributed by atoms with van der Waals surface area (Å²) in [5.74, 6) is 0.238. The van der Waals surface area contributed by atoms with E-state index in [0.29, 0.717) is 36.9 Å². The maximum atomic E-state index is 14.5. The molecule has 2 amide bonds. The Kier molecular flexibility index (Phi) is 9.80. The SMILES string of the molecule is C[C@@H]1CN(C(=O)C2=Cc3cc(OCc4ccccc4)ccc3-c3c(C4CCCCC4)c4ccc(C(=O)NS(=O)(=O)N(C)C)cc4n3C2)C[C@H](C)O1. The number of nitrogens with zero attached hydrogens (tertiary/aromatic N) is 3. The number of hydrogen-bond acceptors (Lipinski definition) is 6. The van der Waals surface area contributed by atoms with Crippen LogP contribution < -0.4 is 9.46 Å². The summed E-state index contributed by atoms with van der Waals surface area (Å²) < 4.78 is 42.8. The summed E-state index contributed by atoms with van der Waals surface area (Å²) in [6.07, 6.45) is 7.39. The zero-order valence-electron chi connectivity index (χ0n) is 29.7. The summed E-state index contributed by atoms with van der Waals surface area (Å²) in [5, 5.41) is 1.02. The molecule has 1 aromatic heterocycles. The van der Waals surface area contributed by atoms with Gasteiger partial charge in [0.2, 0.25) is 0 Å². The quantitative estimate of drug-likeness (QED) is 0.224. The monoisotopic (exact) mass is 710 g/mol. The average Bonchev–Trinajstić information content (AvgIpc) is 3.33. The molecule has 0 radical (unpaired) electrons. The van der Waals surface area contributed by atoms with Crippen molar-refractivity contribution in [1.82, 2.24) is 18.5 Å². The van der Waals surface area contributed by atoms with Crippen LogP contribution in [0.5, 0.6) is 5.75 Å². The van der Waals surface area contributed by atoms with Crippen molar-refractivity contribution in [3.8, 4) is 17.0 Å². The third kappa shape index (κ3) is 7.20. The number of benzene rings is 3. The van der Waals surface area contributed by atoms with E-state index in [2.05, 4.69) is 15.4 Å². The lowest BCUT2D eigenvalue weighted by Gasteiger charge is -2.35. The number of carbonyl (C=O) groups is 2. The second kappa shape index (κ2) is 14.3. The molecular weight excluding hydrogens is 665 g/mol. The Morgan fingerprint density at radius 1 is 0.941 bits per heavy atom. The summed E-state index contributed by atoms with van der Waals surface area (Å²) >= 11 is 0. The summed E-state index contributed by atoms with van der Waals surface area (Å²) in [6.45, 7) is 5.66. The van der Waals surface area contributed by atoms with Crippen molar-refractivity contribution < 1.29 is 27.5 Å². The van der Waals surface area contributed by atoms with E-state index in [-0.39, 0.29) is 30.2 Å². The fourth-order valence-corrected chi connectivity index (χ4v) is 8.37.